The summed E-state index contributed by atoms with van der Waals surface area (Å²) in [4.78, 5) is 26.1. The zero-order chi connectivity index (χ0) is 22.2. The Hall–Kier alpha value is -2.00. The quantitative estimate of drug-likeness (QED) is 0.447. The van der Waals surface area contributed by atoms with E-state index in [4.69, 9.17) is 11.6 Å². The Balaban J connectivity index is 1.32. The Morgan fingerprint density at radius 1 is 1.28 bits per heavy atom. The number of rotatable bonds is 4. The standard InChI is InChI=1S/C23H25ClN4O2S2/c1-28-9-8-17-20(12-28)32-23(27-17)22(30)26-16-5-3-2-4-15(16)25-21(29)19-10-13-6-7-14(24)11-18(13)31-19/h6-7,10-11,15-16H,2-5,8-9,12H2,1H3,(H,25,29)(H,26,30)/p-1. The molecule has 5 rings (SSSR count). The number of aromatic nitrogens is 1. The van der Waals surface area contributed by atoms with Crippen molar-refractivity contribution in [3.05, 3.63) is 49.7 Å². The molecule has 32 heavy (non-hydrogen) atoms. The summed E-state index contributed by atoms with van der Waals surface area (Å²) in [6, 6.07) is 7.12. The Labute approximate surface area is 200 Å². The third-order valence-corrected chi connectivity index (χ3v) is 8.54. The highest BCUT2D eigenvalue weighted by atomic mass is 35.5. The number of likely N-dealkylation sites (N-methyl/N-ethyl adjacent to an activating group) is 1. The number of benzene rings is 1. The van der Waals surface area contributed by atoms with Crippen LogP contribution in [-0.2, 0) is 13.0 Å². The molecular formula is C23H24ClN4O2S2-. The third-order valence-electron chi connectivity index (χ3n) is 6.14. The molecule has 6 nitrogen and oxygen atoms in total. The number of thiophene rings is 1. The summed E-state index contributed by atoms with van der Waals surface area (Å²) in [5.41, 5.74) is 1.04. The molecule has 0 spiro atoms. The Morgan fingerprint density at radius 2 is 2.12 bits per heavy atom. The van der Waals surface area contributed by atoms with Crippen molar-refractivity contribution in [1.29, 1.82) is 0 Å². The second-order valence-electron chi connectivity index (χ2n) is 8.54. The fraction of sp³-hybridized carbons (Fsp3) is 0.435. The number of amides is 1. The lowest BCUT2D eigenvalue weighted by Gasteiger charge is -2.30. The van der Waals surface area contributed by atoms with Gasteiger partial charge in [0.2, 0.25) is 0 Å². The second kappa shape index (κ2) is 9.09. The molecule has 1 fully saturated rings. The molecule has 0 radical (unpaired) electrons. The summed E-state index contributed by atoms with van der Waals surface area (Å²) in [7, 11) is 2.08. The van der Waals surface area contributed by atoms with Gasteiger partial charge in [0.15, 0.2) is 5.01 Å². The van der Waals surface area contributed by atoms with Crippen LogP contribution in [0.2, 0.25) is 5.02 Å². The first-order valence-corrected chi connectivity index (χ1v) is 12.9. The van der Waals surface area contributed by atoms with Crippen LogP contribution in [0.25, 0.3) is 10.1 Å². The molecule has 1 aliphatic carbocycles. The van der Waals surface area contributed by atoms with Gasteiger partial charge in [-0.15, -0.1) is 22.7 Å². The van der Waals surface area contributed by atoms with Crippen molar-refractivity contribution in [2.24, 2.45) is 4.99 Å². The van der Waals surface area contributed by atoms with Gasteiger partial charge in [-0.2, -0.15) is 0 Å². The van der Waals surface area contributed by atoms with Gasteiger partial charge in [0.25, 0.3) is 5.91 Å². The van der Waals surface area contributed by atoms with Crippen molar-refractivity contribution in [3.8, 4) is 0 Å². The highest BCUT2D eigenvalue weighted by Gasteiger charge is 2.28. The van der Waals surface area contributed by atoms with Crippen LogP contribution in [0, 0.1) is 0 Å². The fourth-order valence-electron chi connectivity index (χ4n) is 4.41. The lowest BCUT2D eigenvalue weighted by molar-refractivity contribution is -0.213. The molecule has 1 N–H and O–H groups in total. The van der Waals surface area contributed by atoms with Crippen molar-refractivity contribution in [3.63, 3.8) is 0 Å². The first-order chi connectivity index (χ1) is 15.5. The number of aliphatic imine (C=N–C) groups is 1. The molecule has 3 aromatic rings. The average molecular weight is 488 g/mol. The van der Waals surface area contributed by atoms with E-state index in [0.29, 0.717) is 14.9 Å². The van der Waals surface area contributed by atoms with E-state index in [2.05, 4.69) is 27.2 Å². The maximum atomic E-state index is 12.9. The van der Waals surface area contributed by atoms with E-state index in [-0.39, 0.29) is 23.9 Å². The van der Waals surface area contributed by atoms with Crippen LogP contribution in [0.5, 0.6) is 0 Å². The van der Waals surface area contributed by atoms with Crippen LogP contribution in [0.3, 0.4) is 0 Å². The fourth-order valence-corrected chi connectivity index (χ4v) is 6.73. The number of carbonyl (C=O) groups is 1. The van der Waals surface area contributed by atoms with Crippen LogP contribution in [0.1, 0.15) is 50.9 Å². The molecule has 1 saturated carbocycles. The largest absolute Gasteiger partial charge is 0.858 e. The molecule has 2 atom stereocenters. The summed E-state index contributed by atoms with van der Waals surface area (Å²) in [6.45, 7) is 1.81. The maximum Gasteiger partial charge on any atom is 0.280 e. The predicted octanol–water partition coefficient (Wildman–Crippen LogP) is 3.85. The molecule has 2 unspecified atom stereocenters. The summed E-state index contributed by atoms with van der Waals surface area (Å²) in [5.74, 6) is -0.371. The minimum Gasteiger partial charge on any atom is -0.858 e. The van der Waals surface area contributed by atoms with Crippen molar-refractivity contribution >= 4 is 56.2 Å². The van der Waals surface area contributed by atoms with E-state index in [1.54, 1.807) is 0 Å². The number of nitrogens with one attached hydrogen (secondary N) is 1. The van der Waals surface area contributed by atoms with Crippen LogP contribution >= 0.6 is 34.3 Å². The van der Waals surface area contributed by atoms with E-state index < -0.39 is 0 Å². The van der Waals surface area contributed by atoms with E-state index >= 15 is 0 Å². The zero-order valence-corrected chi connectivity index (χ0v) is 20.2. The molecule has 0 bridgehead atoms. The number of fused-ring (bicyclic) bond motifs is 2. The summed E-state index contributed by atoms with van der Waals surface area (Å²) in [6.07, 6.45) is 4.53. The lowest BCUT2D eigenvalue weighted by atomic mass is 9.90. The highest BCUT2D eigenvalue weighted by Crippen LogP contribution is 2.30. The van der Waals surface area contributed by atoms with Crippen molar-refractivity contribution in [2.75, 3.05) is 13.6 Å². The SMILES string of the molecule is CN1CCc2nc(C(=O)NC3CCCCC3N=C([O-])c3cc4ccc(Cl)cc4s3)sc2C1. The number of nitrogens with zero attached hydrogens (tertiary/aromatic N) is 3. The van der Waals surface area contributed by atoms with Gasteiger partial charge in [-0.05, 0) is 49.4 Å². The number of hydrogen-bond acceptors (Lipinski definition) is 7. The van der Waals surface area contributed by atoms with Gasteiger partial charge in [0, 0.05) is 39.0 Å². The molecule has 0 saturated heterocycles. The Morgan fingerprint density at radius 3 is 3.00 bits per heavy atom. The molecule has 2 aliphatic rings. The van der Waals surface area contributed by atoms with Gasteiger partial charge in [0.05, 0.1) is 17.8 Å². The molecule has 168 valence electrons. The van der Waals surface area contributed by atoms with Crippen molar-refractivity contribution in [2.45, 2.75) is 50.7 Å². The van der Waals surface area contributed by atoms with E-state index in [0.717, 1.165) is 61.0 Å². The normalized spacial score (nSPS) is 22.1. The number of thiazole rings is 1. The van der Waals surface area contributed by atoms with Gasteiger partial charge >= 0.3 is 0 Å². The van der Waals surface area contributed by atoms with Crippen LogP contribution < -0.4 is 10.4 Å². The first kappa shape index (κ1) is 21.8. The van der Waals surface area contributed by atoms with E-state index in [1.165, 1.54) is 27.6 Å². The van der Waals surface area contributed by atoms with Crippen LogP contribution in [0.4, 0.5) is 0 Å². The van der Waals surface area contributed by atoms with Gasteiger partial charge < -0.3 is 15.3 Å². The summed E-state index contributed by atoms with van der Waals surface area (Å²) in [5, 5.41) is 18.2. The minimum absolute atomic E-state index is 0.146. The highest BCUT2D eigenvalue weighted by molar-refractivity contribution is 7.20. The molecule has 1 amide bonds. The number of carbonyl (C=O) groups excluding carboxylic acids is 1. The average Bonchev–Trinajstić information content (AvgIpc) is 3.38. The van der Waals surface area contributed by atoms with Gasteiger partial charge in [-0.25, -0.2) is 4.98 Å². The summed E-state index contributed by atoms with van der Waals surface area (Å²) < 4.78 is 0.975. The smallest absolute Gasteiger partial charge is 0.280 e. The topological polar surface area (TPSA) is 80.7 Å². The van der Waals surface area contributed by atoms with Gasteiger partial charge in [-0.1, -0.05) is 30.5 Å². The van der Waals surface area contributed by atoms with Gasteiger partial charge in [0.1, 0.15) is 0 Å². The van der Waals surface area contributed by atoms with Gasteiger partial charge in [-0.3, -0.25) is 9.79 Å². The Kier molecular flexibility index (Phi) is 6.20. The minimum atomic E-state index is -0.221. The first-order valence-electron chi connectivity index (χ1n) is 10.9. The second-order valence-corrected chi connectivity index (χ2v) is 11.1. The monoisotopic (exact) mass is 487 g/mol. The molecule has 2 aromatic heterocycles. The lowest BCUT2D eigenvalue weighted by Crippen LogP contribution is -2.45. The molecular weight excluding hydrogens is 464 g/mol. The predicted molar refractivity (Wildman–Crippen MR) is 129 cm³/mol. The molecule has 1 aromatic carbocycles. The van der Waals surface area contributed by atoms with Crippen molar-refractivity contribution in [1.82, 2.24) is 15.2 Å². The van der Waals surface area contributed by atoms with E-state index in [9.17, 15) is 9.90 Å². The zero-order valence-electron chi connectivity index (χ0n) is 17.8. The van der Waals surface area contributed by atoms with Crippen LogP contribution in [0.15, 0.2) is 29.3 Å². The number of hydrogen-bond donors (Lipinski definition) is 1. The van der Waals surface area contributed by atoms with Crippen LogP contribution in [-0.4, -0.2) is 47.4 Å². The maximum absolute atomic E-state index is 12.9. The summed E-state index contributed by atoms with van der Waals surface area (Å²) >= 11 is 8.96. The molecule has 3 heterocycles. The Bertz CT molecular complexity index is 1190. The third kappa shape index (κ3) is 4.55. The molecule has 1 aliphatic heterocycles. The number of halogens is 1. The van der Waals surface area contributed by atoms with Crippen molar-refractivity contribution < 1.29 is 9.90 Å². The molecule has 9 heteroatoms. The van der Waals surface area contributed by atoms with E-state index in [1.807, 2.05) is 24.3 Å².